The number of aryl methyl sites for hydroxylation is 2. The van der Waals surface area contributed by atoms with E-state index < -0.39 is 11.0 Å². The van der Waals surface area contributed by atoms with Crippen LogP contribution in [-0.2, 0) is 36.1 Å². The average molecular weight is 623 g/mol. The van der Waals surface area contributed by atoms with Crippen molar-refractivity contribution in [2.45, 2.75) is 82.3 Å². The molecule has 1 saturated heterocycles. The van der Waals surface area contributed by atoms with Crippen LogP contribution in [0.15, 0.2) is 84.9 Å². The molecule has 1 aromatic heterocycles. The molecular weight excluding hydrogens is 580 g/mol. The highest BCUT2D eigenvalue weighted by Crippen LogP contribution is 2.70. The fourth-order valence-electron chi connectivity index (χ4n) is 10.2. The molecule has 2 bridgehead atoms. The zero-order chi connectivity index (χ0) is 31.5. The number of phenols is 1. The smallest absolute Gasteiger partial charge is 0.166 e. The number of phenolic OH excluding ortho intramolecular Hbond substituents is 1. The average Bonchev–Trinajstić information content (AvgIpc) is 3.75. The summed E-state index contributed by atoms with van der Waals surface area (Å²) in [6.07, 6.45) is 5.11. The number of para-hydroxylation sites is 1. The summed E-state index contributed by atoms with van der Waals surface area (Å²) in [5.41, 5.74) is 10.5. The van der Waals surface area contributed by atoms with Crippen molar-refractivity contribution >= 4 is 10.9 Å². The van der Waals surface area contributed by atoms with E-state index in [1.807, 2.05) is 6.07 Å². The molecule has 47 heavy (non-hydrogen) atoms. The Morgan fingerprint density at radius 2 is 1.70 bits per heavy atom. The highest BCUT2D eigenvalue weighted by atomic mass is 16.5. The van der Waals surface area contributed by atoms with Gasteiger partial charge < -0.3 is 19.1 Å². The van der Waals surface area contributed by atoms with Crippen LogP contribution in [0.4, 0.5) is 0 Å². The number of nitrogens with zero attached hydrogens (tertiary/aromatic N) is 2. The predicted molar refractivity (Wildman–Crippen MR) is 184 cm³/mol. The highest BCUT2D eigenvalue weighted by molar-refractivity contribution is 5.87. The molecule has 3 heterocycles. The van der Waals surface area contributed by atoms with Crippen LogP contribution in [0.2, 0.25) is 0 Å². The summed E-state index contributed by atoms with van der Waals surface area (Å²) < 4.78 is 17.4. The van der Waals surface area contributed by atoms with Crippen molar-refractivity contribution in [1.29, 1.82) is 0 Å². The molecule has 3 aliphatic carbocycles. The van der Waals surface area contributed by atoms with E-state index in [1.165, 1.54) is 68.4 Å². The van der Waals surface area contributed by atoms with Gasteiger partial charge >= 0.3 is 0 Å². The normalized spacial score (nSPS) is 27.0. The number of aromatic nitrogens is 1. The van der Waals surface area contributed by atoms with Gasteiger partial charge in [0.25, 0.3) is 0 Å². The highest BCUT2D eigenvalue weighted by Gasteiger charge is 2.74. The van der Waals surface area contributed by atoms with Gasteiger partial charge in [-0.15, -0.1) is 0 Å². The van der Waals surface area contributed by atoms with E-state index >= 15 is 0 Å². The van der Waals surface area contributed by atoms with Gasteiger partial charge in [0.05, 0.1) is 17.7 Å². The van der Waals surface area contributed by atoms with Crippen LogP contribution >= 0.6 is 0 Å². The van der Waals surface area contributed by atoms with E-state index in [4.69, 9.17) is 9.47 Å². The van der Waals surface area contributed by atoms with Crippen molar-refractivity contribution in [3.8, 4) is 11.5 Å². The standard InChI is InChI=1S/C42H42N2O3/c1-26-7-5-9-29(19-26)24-44-34-12-4-3-11-32(34)33-22-42(46-25-30-10-6-8-27(2)20-30)36-21-31-15-16-35(45)39-37(31)41(42,40(47-39)38(33)44)17-18-43(36)23-28-13-14-28/h3-12,15-16,19-20,28,36,40,45H,13-14,17-18,21-25H2,1-2H3/t36-,40-,41-,42+/m0/s1. The van der Waals surface area contributed by atoms with Gasteiger partial charge in [0.15, 0.2) is 17.6 Å². The second kappa shape index (κ2) is 9.98. The third-order valence-corrected chi connectivity index (χ3v) is 12.3. The summed E-state index contributed by atoms with van der Waals surface area (Å²) in [4.78, 5) is 2.79. The van der Waals surface area contributed by atoms with Gasteiger partial charge in [0.2, 0.25) is 0 Å². The number of hydrogen-bond donors (Lipinski definition) is 1. The van der Waals surface area contributed by atoms with Crippen molar-refractivity contribution in [3.05, 3.63) is 130 Å². The lowest BCUT2D eigenvalue weighted by molar-refractivity contribution is -0.211. The monoisotopic (exact) mass is 622 g/mol. The SMILES string of the molecule is Cc1cccc(CO[C@@]23Cc4c(n(Cc5cccc(C)c5)c5ccccc45)[C@@H]4Oc5c(O)ccc6c5[C@@]42CCN(CC2CC2)[C@H]3C6)c1. The van der Waals surface area contributed by atoms with Crippen LogP contribution in [0, 0.1) is 19.8 Å². The van der Waals surface area contributed by atoms with E-state index in [9.17, 15) is 5.11 Å². The van der Waals surface area contributed by atoms with E-state index in [1.54, 1.807) is 0 Å². The second-order valence-electron chi connectivity index (χ2n) is 15.1. The minimum Gasteiger partial charge on any atom is -0.504 e. The number of ether oxygens (including phenoxy) is 2. The van der Waals surface area contributed by atoms with Gasteiger partial charge in [0.1, 0.15) is 5.60 Å². The van der Waals surface area contributed by atoms with Crippen LogP contribution in [0.1, 0.15) is 70.0 Å². The van der Waals surface area contributed by atoms with Crippen molar-refractivity contribution in [3.63, 3.8) is 0 Å². The lowest BCUT2D eigenvalue weighted by Crippen LogP contribution is -2.75. The van der Waals surface area contributed by atoms with Gasteiger partial charge in [-0.2, -0.15) is 0 Å². The molecule has 5 aromatic rings. The Kier molecular flexibility index (Phi) is 5.94. The lowest BCUT2D eigenvalue weighted by Gasteiger charge is -2.64. The zero-order valence-corrected chi connectivity index (χ0v) is 27.3. The van der Waals surface area contributed by atoms with E-state index in [0.29, 0.717) is 12.4 Å². The first kappa shape index (κ1) is 28.0. The van der Waals surface area contributed by atoms with E-state index in [2.05, 4.69) is 102 Å². The topological polar surface area (TPSA) is 46.9 Å². The summed E-state index contributed by atoms with van der Waals surface area (Å²) in [6.45, 7) is 7.84. The third kappa shape index (κ3) is 3.90. The molecular formula is C42H42N2O3. The quantitative estimate of drug-likeness (QED) is 0.200. The van der Waals surface area contributed by atoms with Gasteiger partial charge in [0, 0.05) is 42.0 Å². The number of hydrogen-bond acceptors (Lipinski definition) is 4. The first-order chi connectivity index (χ1) is 22.9. The number of rotatable bonds is 7. The van der Waals surface area contributed by atoms with Gasteiger partial charge in [-0.1, -0.05) is 83.9 Å². The molecule has 0 unspecified atom stereocenters. The maximum atomic E-state index is 11.4. The molecule has 5 aliphatic rings. The minimum absolute atomic E-state index is 0.225. The first-order valence-electron chi connectivity index (χ1n) is 17.6. The van der Waals surface area contributed by atoms with Crippen LogP contribution in [0.25, 0.3) is 10.9 Å². The van der Waals surface area contributed by atoms with Crippen molar-refractivity contribution in [1.82, 2.24) is 9.47 Å². The summed E-state index contributed by atoms with van der Waals surface area (Å²) in [7, 11) is 0. The lowest BCUT2D eigenvalue weighted by atomic mass is 9.48. The Balaban J connectivity index is 1.23. The Hall–Kier alpha value is -4.06. The summed E-state index contributed by atoms with van der Waals surface area (Å²) >= 11 is 0. The molecule has 4 atom stereocenters. The third-order valence-electron chi connectivity index (χ3n) is 12.3. The summed E-state index contributed by atoms with van der Waals surface area (Å²) in [6, 6.07) is 30.9. The molecule has 10 rings (SSSR count). The van der Waals surface area contributed by atoms with E-state index in [-0.39, 0.29) is 17.9 Å². The fraction of sp³-hybridized carbons (Fsp3) is 0.381. The fourth-order valence-corrected chi connectivity index (χ4v) is 10.2. The second-order valence-corrected chi connectivity index (χ2v) is 15.1. The van der Waals surface area contributed by atoms with Crippen LogP contribution < -0.4 is 4.74 Å². The molecule has 1 N–H and O–H groups in total. The maximum absolute atomic E-state index is 11.4. The molecule has 5 nitrogen and oxygen atoms in total. The molecule has 4 aromatic carbocycles. The van der Waals surface area contributed by atoms with Crippen molar-refractivity contribution < 1.29 is 14.6 Å². The molecule has 0 amide bonds. The minimum atomic E-state index is -0.508. The Morgan fingerprint density at radius 3 is 2.51 bits per heavy atom. The Bertz CT molecular complexity index is 2080. The van der Waals surface area contributed by atoms with Gasteiger partial charge in [-0.05, 0) is 86.4 Å². The van der Waals surface area contributed by atoms with Crippen molar-refractivity contribution in [2.24, 2.45) is 5.92 Å². The molecule has 1 saturated carbocycles. The summed E-state index contributed by atoms with van der Waals surface area (Å²) in [5.74, 6) is 1.73. The maximum Gasteiger partial charge on any atom is 0.166 e. The van der Waals surface area contributed by atoms with Crippen LogP contribution in [-0.4, -0.2) is 39.3 Å². The van der Waals surface area contributed by atoms with Gasteiger partial charge in [-0.3, -0.25) is 4.90 Å². The first-order valence-corrected chi connectivity index (χ1v) is 17.6. The predicted octanol–water partition coefficient (Wildman–Crippen LogP) is 7.94. The Labute approximate surface area is 276 Å². The molecule has 0 radical (unpaired) electrons. The number of aromatic hydroxyl groups is 1. The van der Waals surface area contributed by atoms with E-state index in [0.717, 1.165) is 44.8 Å². The van der Waals surface area contributed by atoms with Gasteiger partial charge in [-0.25, -0.2) is 0 Å². The number of piperidine rings is 1. The Morgan fingerprint density at radius 1 is 0.915 bits per heavy atom. The largest absolute Gasteiger partial charge is 0.504 e. The molecule has 2 aliphatic heterocycles. The molecule has 5 heteroatoms. The summed E-state index contributed by atoms with van der Waals surface area (Å²) in [5, 5.41) is 12.7. The van der Waals surface area contributed by atoms with Crippen LogP contribution in [0.5, 0.6) is 11.5 Å². The van der Waals surface area contributed by atoms with Crippen LogP contribution in [0.3, 0.4) is 0 Å². The number of likely N-dealkylation sites (tertiary alicyclic amines) is 1. The molecule has 238 valence electrons. The van der Waals surface area contributed by atoms with Crippen molar-refractivity contribution in [2.75, 3.05) is 13.1 Å². The molecule has 2 fully saturated rings. The number of fused-ring (bicyclic) bond motifs is 4. The zero-order valence-electron chi connectivity index (χ0n) is 27.3. The molecule has 1 spiro atoms. The number of benzene rings is 4.